The van der Waals surface area contributed by atoms with Gasteiger partial charge in [0.25, 0.3) is 0 Å². The van der Waals surface area contributed by atoms with Crippen molar-refractivity contribution in [2.45, 2.75) is 26.3 Å². The highest BCUT2D eigenvalue weighted by Crippen LogP contribution is 2.30. The van der Waals surface area contributed by atoms with E-state index in [9.17, 15) is 4.79 Å². The molecule has 1 amide bonds. The fourth-order valence-corrected chi connectivity index (χ4v) is 2.73. The predicted molar refractivity (Wildman–Crippen MR) is 99.9 cm³/mol. The molecule has 134 valence electrons. The van der Waals surface area contributed by atoms with Gasteiger partial charge in [0.05, 0.1) is 14.2 Å². The van der Waals surface area contributed by atoms with Gasteiger partial charge < -0.3 is 20.1 Å². The molecule has 2 aromatic carbocycles. The number of nitrogen functional groups attached to an aromatic ring is 1. The van der Waals surface area contributed by atoms with E-state index in [-0.39, 0.29) is 5.91 Å². The Kier molecular flexibility index (Phi) is 6.28. The molecule has 2 aromatic rings. The van der Waals surface area contributed by atoms with Gasteiger partial charge in [-0.25, -0.2) is 0 Å². The van der Waals surface area contributed by atoms with Crippen molar-refractivity contribution in [3.05, 3.63) is 53.1 Å². The van der Waals surface area contributed by atoms with E-state index in [4.69, 9.17) is 15.2 Å². The number of para-hydroxylation sites is 1. The first-order valence-electron chi connectivity index (χ1n) is 8.25. The van der Waals surface area contributed by atoms with Crippen LogP contribution < -0.4 is 15.2 Å². The van der Waals surface area contributed by atoms with Gasteiger partial charge in [-0.1, -0.05) is 18.2 Å². The Labute approximate surface area is 149 Å². The Morgan fingerprint density at radius 2 is 1.72 bits per heavy atom. The van der Waals surface area contributed by atoms with E-state index in [2.05, 4.69) is 0 Å². The van der Waals surface area contributed by atoms with Crippen molar-refractivity contribution < 1.29 is 14.3 Å². The fourth-order valence-electron chi connectivity index (χ4n) is 2.73. The molecule has 2 N–H and O–H groups in total. The van der Waals surface area contributed by atoms with Crippen LogP contribution in [0.25, 0.3) is 0 Å². The number of hydrogen-bond donors (Lipinski definition) is 1. The topological polar surface area (TPSA) is 64.8 Å². The first kappa shape index (κ1) is 18.6. The van der Waals surface area contributed by atoms with Crippen LogP contribution in [0.4, 0.5) is 5.69 Å². The standard InChI is InChI=1S/C20H26N2O3/c1-14-11-18(24-3)19(25-4)12-16(14)13-22(2)20(23)10-9-15-7-5-6-8-17(15)21/h5-8,11-12H,9-10,13,21H2,1-4H3. The lowest BCUT2D eigenvalue weighted by Gasteiger charge is -2.20. The average Bonchev–Trinajstić information content (AvgIpc) is 2.61. The first-order chi connectivity index (χ1) is 12.0. The van der Waals surface area contributed by atoms with Gasteiger partial charge in [0, 0.05) is 25.7 Å². The molecule has 0 bridgehead atoms. The van der Waals surface area contributed by atoms with Crippen molar-refractivity contribution in [3.63, 3.8) is 0 Å². The first-order valence-corrected chi connectivity index (χ1v) is 8.25. The van der Waals surface area contributed by atoms with Gasteiger partial charge in [-0.2, -0.15) is 0 Å². The largest absolute Gasteiger partial charge is 0.493 e. The molecule has 0 unspecified atom stereocenters. The Bertz CT molecular complexity index is 744. The Balaban J connectivity index is 2.02. The second-order valence-corrected chi connectivity index (χ2v) is 6.08. The molecule has 0 aliphatic heterocycles. The molecule has 25 heavy (non-hydrogen) atoms. The molecule has 0 saturated carbocycles. The van der Waals surface area contributed by atoms with Crippen LogP contribution in [0.2, 0.25) is 0 Å². The summed E-state index contributed by atoms with van der Waals surface area (Å²) in [6, 6.07) is 11.5. The zero-order valence-corrected chi connectivity index (χ0v) is 15.3. The molecule has 0 heterocycles. The Morgan fingerprint density at radius 1 is 1.08 bits per heavy atom. The highest BCUT2D eigenvalue weighted by atomic mass is 16.5. The predicted octanol–water partition coefficient (Wildman–Crippen LogP) is 3.19. The van der Waals surface area contributed by atoms with Crippen molar-refractivity contribution in [2.75, 3.05) is 27.0 Å². The molecule has 0 saturated heterocycles. The Morgan fingerprint density at radius 3 is 2.36 bits per heavy atom. The normalized spacial score (nSPS) is 10.4. The van der Waals surface area contributed by atoms with E-state index in [0.29, 0.717) is 30.9 Å². The number of ether oxygens (including phenoxy) is 2. The third-order valence-electron chi connectivity index (χ3n) is 4.34. The van der Waals surface area contributed by atoms with Gasteiger partial charge in [-0.05, 0) is 48.2 Å². The van der Waals surface area contributed by atoms with Crippen LogP contribution in [-0.4, -0.2) is 32.1 Å². The molecule has 2 rings (SSSR count). The summed E-state index contributed by atoms with van der Waals surface area (Å²) in [5, 5.41) is 0. The molecule has 0 spiro atoms. The maximum atomic E-state index is 12.5. The molecule has 0 fully saturated rings. The van der Waals surface area contributed by atoms with Crippen molar-refractivity contribution in [1.29, 1.82) is 0 Å². The number of nitrogens with zero attached hydrogens (tertiary/aromatic N) is 1. The third kappa shape index (κ3) is 4.66. The number of nitrogens with two attached hydrogens (primary N) is 1. The SMILES string of the molecule is COc1cc(C)c(CN(C)C(=O)CCc2ccccc2N)cc1OC. The summed E-state index contributed by atoms with van der Waals surface area (Å²) >= 11 is 0. The van der Waals surface area contributed by atoms with E-state index in [0.717, 1.165) is 22.4 Å². The lowest BCUT2D eigenvalue weighted by atomic mass is 10.1. The minimum Gasteiger partial charge on any atom is -0.493 e. The number of carbonyl (C=O) groups excluding carboxylic acids is 1. The summed E-state index contributed by atoms with van der Waals surface area (Å²) in [5.41, 5.74) is 9.77. The number of benzene rings is 2. The number of amides is 1. The van der Waals surface area contributed by atoms with Gasteiger partial charge in [0.1, 0.15) is 0 Å². The number of aryl methyl sites for hydroxylation is 2. The van der Waals surface area contributed by atoms with E-state index in [1.54, 1.807) is 19.1 Å². The highest BCUT2D eigenvalue weighted by molar-refractivity contribution is 5.76. The fraction of sp³-hybridized carbons (Fsp3) is 0.350. The van der Waals surface area contributed by atoms with E-state index >= 15 is 0 Å². The van der Waals surface area contributed by atoms with Crippen LogP contribution in [0.5, 0.6) is 11.5 Å². The maximum Gasteiger partial charge on any atom is 0.222 e. The average molecular weight is 342 g/mol. The minimum absolute atomic E-state index is 0.0810. The van der Waals surface area contributed by atoms with Gasteiger partial charge >= 0.3 is 0 Å². The quantitative estimate of drug-likeness (QED) is 0.785. The smallest absolute Gasteiger partial charge is 0.222 e. The third-order valence-corrected chi connectivity index (χ3v) is 4.34. The zero-order chi connectivity index (χ0) is 18.4. The number of rotatable bonds is 7. The molecule has 5 heteroatoms. The summed E-state index contributed by atoms with van der Waals surface area (Å²) in [7, 11) is 5.03. The zero-order valence-electron chi connectivity index (χ0n) is 15.3. The number of carbonyl (C=O) groups is 1. The van der Waals surface area contributed by atoms with Crippen LogP contribution in [-0.2, 0) is 17.8 Å². The molecule has 0 atom stereocenters. The van der Waals surface area contributed by atoms with Gasteiger partial charge in [-0.15, -0.1) is 0 Å². The molecule has 0 aromatic heterocycles. The van der Waals surface area contributed by atoms with E-state index < -0.39 is 0 Å². The van der Waals surface area contributed by atoms with Gasteiger partial charge in [-0.3, -0.25) is 4.79 Å². The summed E-state index contributed by atoms with van der Waals surface area (Å²) in [6.45, 7) is 2.52. The van der Waals surface area contributed by atoms with Crippen molar-refractivity contribution in [1.82, 2.24) is 4.90 Å². The number of anilines is 1. The molecular weight excluding hydrogens is 316 g/mol. The summed E-state index contributed by atoms with van der Waals surface area (Å²) < 4.78 is 10.7. The van der Waals surface area contributed by atoms with Crippen LogP contribution in [0.3, 0.4) is 0 Å². The summed E-state index contributed by atoms with van der Waals surface area (Å²) in [6.07, 6.45) is 1.07. The second kappa shape index (κ2) is 8.42. The van der Waals surface area contributed by atoms with E-state index in [1.807, 2.05) is 50.4 Å². The maximum absolute atomic E-state index is 12.5. The summed E-state index contributed by atoms with van der Waals surface area (Å²) in [4.78, 5) is 14.2. The number of methoxy groups -OCH3 is 2. The monoisotopic (exact) mass is 342 g/mol. The molecule has 0 radical (unpaired) electrons. The van der Waals surface area contributed by atoms with Crippen LogP contribution >= 0.6 is 0 Å². The minimum atomic E-state index is 0.0810. The van der Waals surface area contributed by atoms with Crippen molar-refractivity contribution in [2.24, 2.45) is 0 Å². The van der Waals surface area contributed by atoms with Crippen LogP contribution in [0, 0.1) is 6.92 Å². The molecular formula is C20H26N2O3. The lowest BCUT2D eigenvalue weighted by molar-refractivity contribution is -0.130. The molecule has 5 nitrogen and oxygen atoms in total. The second-order valence-electron chi connectivity index (χ2n) is 6.08. The van der Waals surface area contributed by atoms with Crippen molar-refractivity contribution >= 4 is 11.6 Å². The highest BCUT2D eigenvalue weighted by Gasteiger charge is 2.14. The van der Waals surface area contributed by atoms with Gasteiger partial charge in [0.15, 0.2) is 11.5 Å². The van der Waals surface area contributed by atoms with Crippen molar-refractivity contribution in [3.8, 4) is 11.5 Å². The lowest BCUT2D eigenvalue weighted by Crippen LogP contribution is -2.26. The van der Waals surface area contributed by atoms with Crippen LogP contribution in [0.1, 0.15) is 23.1 Å². The van der Waals surface area contributed by atoms with Gasteiger partial charge in [0.2, 0.25) is 5.91 Å². The molecule has 0 aliphatic carbocycles. The van der Waals surface area contributed by atoms with E-state index in [1.165, 1.54) is 0 Å². The van der Waals surface area contributed by atoms with Crippen LogP contribution in [0.15, 0.2) is 36.4 Å². The molecule has 0 aliphatic rings. The summed E-state index contributed by atoms with van der Waals surface area (Å²) in [5.74, 6) is 1.44. The Hall–Kier alpha value is -2.69. The number of hydrogen-bond acceptors (Lipinski definition) is 4.